The minimum atomic E-state index is 0.681. The van der Waals surface area contributed by atoms with Crippen LogP contribution >= 0.6 is 0 Å². The molecule has 0 bridgehead atoms. The Balaban J connectivity index is 2.24. The van der Waals surface area contributed by atoms with Crippen molar-refractivity contribution in [3.8, 4) is 5.75 Å². The average molecular weight is 258 g/mol. The Morgan fingerprint density at radius 2 is 2.21 bits per heavy atom. The van der Waals surface area contributed by atoms with Gasteiger partial charge in [0.15, 0.2) is 11.6 Å². The monoisotopic (exact) mass is 258 g/mol. The molecule has 0 aliphatic rings. The molecule has 100 valence electrons. The van der Waals surface area contributed by atoms with Gasteiger partial charge >= 0.3 is 0 Å². The molecule has 0 aromatic carbocycles. The molecule has 0 aliphatic heterocycles. The van der Waals surface area contributed by atoms with E-state index < -0.39 is 0 Å². The number of ether oxygens (including phenoxy) is 1. The van der Waals surface area contributed by atoms with Gasteiger partial charge in [0.2, 0.25) is 0 Å². The molecule has 2 heterocycles. The van der Waals surface area contributed by atoms with Crippen LogP contribution in [0.3, 0.4) is 0 Å². The molecule has 1 N–H and O–H groups in total. The van der Waals surface area contributed by atoms with Crippen molar-refractivity contribution in [3.63, 3.8) is 0 Å². The summed E-state index contributed by atoms with van der Waals surface area (Å²) in [5.41, 5.74) is 1.96. The molecule has 5 nitrogen and oxygen atoms in total. The highest BCUT2D eigenvalue weighted by molar-refractivity contribution is 5.52. The Kier molecular flexibility index (Phi) is 4.66. The predicted octanol–water partition coefficient (Wildman–Crippen LogP) is 2.29. The van der Waals surface area contributed by atoms with Gasteiger partial charge in [0, 0.05) is 25.4 Å². The molecule has 0 atom stereocenters. The van der Waals surface area contributed by atoms with Crippen LogP contribution in [-0.4, -0.2) is 28.6 Å². The normalized spacial score (nSPS) is 10.2. The smallest absolute Gasteiger partial charge is 0.183 e. The van der Waals surface area contributed by atoms with Crippen LogP contribution in [0, 0.1) is 0 Å². The molecular weight excluding hydrogens is 240 g/mol. The Morgan fingerprint density at radius 3 is 2.89 bits per heavy atom. The van der Waals surface area contributed by atoms with Crippen LogP contribution < -0.4 is 10.1 Å². The summed E-state index contributed by atoms with van der Waals surface area (Å²) in [7, 11) is 1.64. The second kappa shape index (κ2) is 6.68. The number of rotatable bonds is 6. The lowest BCUT2D eigenvalue weighted by Crippen LogP contribution is -2.07. The van der Waals surface area contributed by atoms with Crippen LogP contribution in [-0.2, 0) is 6.42 Å². The fourth-order valence-electron chi connectivity index (χ4n) is 1.82. The molecule has 0 spiro atoms. The zero-order chi connectivity index (χ0) is 13.5. The van der Waals surface area contributed by atoms with E-state index in [0.29, 0.717) is 12.2 Å². The summed E-state index contributed by atoms with van der Waals surface area (Å²) >= 11 is 0. The standard InChI is InChI=1S/C14H18N4O/c1-3-6-16-14-13(19-2)12(17-10-18-14)8-11-5-4-7-15-9-11/h4-5,7,9-10H,3,6,8H2,1-2H3,(H,16,17,18). The van der Waals surface area contributed by atoms with E-state index in [-0.39, 0.29) is 0 Å². The van der Waals surface area contributed by atoms with Gasteiger partial charge in [-0.05, 0) is 18.1 Å². The third-order valence-corrected chi connectivity index (χ3v) is 2.72. The van der Waals surface area contributed by atoms with E-state index in [1.165, 1.54) is 0 Å². The summed E-state index contributed by atoms with van der Waals surface area (Å²) in [5, 5.41) is 3.25. The minimum Gasteiger partial charge on any atom is -0.491 e. The minimum absolute atomic E-state index is 0.681. The number of nitrogens with one attached hydrogen (secondary N) is 1. The molecule has 0 saturated heterocycles. The number of pyridine rings is 1. The molecule has 0 fully saturated rings. The summed E-state index contributed by atoms with van der Waals surface area (Å²) < 4.78 is 5.44. The SMILES string of the molecule is CCCNc1ncnc(Cc2cccnc2)c1OC. The van der Waals surface area contributed by atoms with Gasteiger partial charge in [0.05, 0.1) is 12.8 Å². The molecular formula is C14H18N4O. The first-order valence-electron chi connectivity index (χ1n) is 6.35. The molecule has 2 aromatic rings. The largest absolute Gasteiger partial charge is 0.491 e. The third-order valence-electron chi connectivity index (χ3n) is 2.72. The zero-order valence-electron chi connectivity index (χ0n) is 11.3. The van der Waals surface area contributed by atoms with Gasteiger partial charge in [-0.25, -0.2) is 9.97 Å². The summed E-state index contributed by atoms with van der Waals surface area (Å²) in [6.45, 7) is 2.97. The van der Waals surface area contributed by atoms with Crippen molar-refractivity contribution in [2.45, 2.75) is 19.8 Å². The number of nitrogens with zero attached hydrogens (tertiary/aromatic N) is 3. The fraction of sp³-hybridized carbons (Fsp3) is 0.357. The van der Waals surface area contributed by atoms with Crippen molar-refractivity contribution in [2.24, 2.45) is 0 Å². The first-order chi connectivity index (χ1) is 9.35. The summed E-state index contributed by atoms with van der Waals surface area (Å²) in [4.78, 5) is 12.6. The quantitative estimate of drug-likeness (QED) is 0.861. The number of anilines is 1. The highest BCUT2D eigenvalue weighted by Gasteiger charge is 2.12. The lowest BCUT2D eigenvalue weighted by atomic mass is 10.1. The molecule has 2 aromatic heterocycles. The Labute approximate surface area is 113 Å². The molecule has 0 aliphatic carbocycles. The topological polar surface area (TPSA) is 59.9 Å². The Morgan fingerprint density at radius 1 is 1.32 bits per heavy atom. The van der Waals surface area contributed by atoms with Crippen LogP contribution in [0.5, 0.6) is 5.75 Å². The molecule has 5 heteroatoms. The van der Waals surface area contributed by atoms with Crippen LogP contribution in [0.1, 0.15) is 24.6 Å². The summed E-state index contributed by atoms with van der Waals surface area (Å²) in [5.74, 6) is 1.46. The average Bonchev–Trinajstić information content (AvgIpc) is 2.46. The van der Waals surface area contributed by atoms with Crippen molar-refractivity contribution in [2.75, 3.05) is 19.0 Å². The van der Waals surface area contributed by atoms with Crippen LogP contribution in [0.4, 0.5) is 5.82 Å². The second-order valence-corrected chi connectivity index (χ2v) is 4.17. The van der Waals surface area contributed by atoms with Crippen molar-refractivity contribution < 1.29 is 4.74 Å². The number of hydrogen-bond donors (Lipinski definition) is 1. The maximum atomic E-state index is 5.44. The van der Waals surface area contributed by atoms with Crippen LogP contribution in [0.2, 0.25) is 0 Å². The first kappa shape index (κ1) is 13.3. The van der Waals surface area contributed by atoms with Crippen molar-refractivity contribution in [1.82, 2.24) is 15.0 Å². The first-order valence-corrected chi connectivity index (χ1v) is 6.35. The maximum absolute atomic E-state index is 5.44. The van der Waals surface area contributed by atoms with Gasteiger partial charge in [-0.3, -0.25) is 4.98 Å². The third kappa shape index (κ3) is 3.40. The summed E-state index contributed by atoms with van der Waals surface area (Å²) in [6.07, 6.45) is 6.87. The maximum Gasteiger partial charge on any atom is 0.183 e. The molecule has 0 unspecified atom stereocenters. The van der Waals surface area contributed by atoms with E-state index in [9.17, 15) is 0 Å². The number of aromatic nitrogens is 3. The molecule has 0 radical (unpaired) electrons. The van der Waals surface area contributed by atoms with E-state index in [1.54, 1.807) is 19.6 Å². The molecule has 2 rings (SSSR count). The van der Waals surface area contributed by atoms with Gasteiger partial charge in [0.1, 0.15) is 6.33 Å². The molecule has 0 amide bonds. The van der Waals surface area contributed by atoms with E-state index >= 15 is 0 Å². The Bertz CT molecular complexity index is 516. The van der Waals surface area contributed by atoms with E-state index in [4.69, 9.17) is 4.74 Å². The van der Waals surface area contributed by atoms with Gasteiger partial charge in [-0.1, -0.05) is 13.0 Å². The van der Waals surface area contributed by atoms with Crippen molar-refractivity contribution in [1.29, 1.82) is 0 Å². The Hall–Kier alpha value is -2.17. The lowest BCUT2D eigenvalue weighted by Gasteiger charge is -2.12. The molecule has 19 heavy (non-hydrogen) atoms. The number of methoxy groups -OCH3 is 1. The fourth-order valence-corrected chi connectivity index (χ4v) is 1.82. The van der Waals surface area contributed by atoms with Gasteiger partial charge < -0.3 is 10.1 Å². The van der Waals surface area contributed by atoms with E-state index in [2.05, 4.69) is 27.2 Å². The predicted molar refractivity (Wildman–Crippen MR) is 74.4 cm³/mol. The lowest BCUT2D eigenvalue weighted by molar-refractivity contribution is 0.407. The zero-order valence-corrected chi connectivity index (χ0v) is 11.3. The summed E-state index contributed by atoms with van der Waals surface area (Å²) in [6, 6.07) is 3.94. The van der Waals surface area contributed by atoms with Crippen molar-refractivity contribution in [3.05, 3.63) is 42.1 Å². The van der Waals surface area contributed by atoms with Gasteiger partial charge in [-0.15, -0.1) is 0 Å². The van der Waals surface area contributed by atoms with E-state index in [1.807, 2.05) is 18.3 Å². The molecule has 0 saturated carbocycles. The van der Waals surface area contributed by atoms with E-state index in [0.717, 1.165) is 30.0 Å². The van der Waals surface area contributed by atoms with Crippen LogP contribution in [0.25, 0.3) is 0 Å². The van der Waals surface area contributed by atoms with Gasteiger partial charge in [0.25, 0.3) is 0 Å². The van der Waals surface area contributed by atoms with Crippen LogP contribution in [0.15, 0.2) is 30.9 Å². The number of hydrogen-bond acceptors (Lipinski definition) is 5. The van der Waals surface area contributed by atoms with Gasteiger partial charge in [-0.2, -0.15) is 0 Å². The highest BCUT2D eigenvalue weighted by atomic mass is 16.5. The second-order valence-electron chi connectivity index (χ2n) is 4.17. The van der Waals surface area contributed by atoms with Crippen molar-refractivity contribution >= 4 is 5.82 Å². The highest BCUT2D eigenvalue weighted by Crippen LogP contribution is 2.26.